The van der Waals surface area contributed by atoms with Gasteiger partial charge in [0, 0.05) is 19.6 Å². The molecule has 0 radical (unpaired) electrons. The van der Waals surface area contributed by atoms with E-state index in [0.29, 0.717) is 11.4 Å². The Kier molecular flexibility index (Phi) is 15.4. The molecule has 0 amide bonds. The van der Waals surface area contributed by atoms with Gasteiger partial charge in [0.15, 0.2) is 0 Å². The van der Waals surface area contributed by atoms with Crippen molar-refractivity contribution in [2.24, 2.45) is 20.4 Å². The largest absolute Gasteiger partial charge is 0.376 e. The molecule has 6 nitrogen and oxygen atoms in total. The van der Waals surface area contributed by atoms with Crippen molar-refractivity contribution in [3.8, 4) is 0 Å². The third-order valence-corrected chi connectivity index (χ3v) is 6.47. The molecule has 0 saturated carbocycles. The summed E-state index contributed by atoms with van der Waals surface area (Å²) in [6, 6.07) is 15.0. The molecule has 1 heterocycles. The summed E-state index contributed by atoms with van der Waals surface area (Å²) in [7, 11) is 0. The van der Waals surface area contributed by atoms with Crippen LogP contribution in [0.5, 0.6) is 0 Å². The van der Waals surface area contributed by atoms with Gasteiger partial charge in [0.05, 0.1) is 19.0 Å². The Morgan fingerprint density at radius 1 is 1.11 bits per heavy atom. The molecule has 2 aromatic carbocycles. The van der Waals surface area contributed by atoms with Crippen LogP contribution in [0.4, 0.5) is 0 Å². The fraction of sp³-hybridized carbons (Fsp3) is 0.581. The van der Waals surface area contributed by atoms with Gasteiger partial charge in [0.1, 0.15) is 0 Å². The van der Waals surface area contributed by atoms with Gasteiger partial charge < -0.3 is 10.6 Å². The lowest BCUT2D eigenvalue weighted by Gasteiger charge is -2.37. The molecular formula is C31H52N6. The van der Waals surface area contributed by atoms with Crippen molar-refractivity contribution >= 4 is 29.8 Å². The second kappa shape index (κ2) is 17.7. The summed E-state index contributed by atoms with van der Waals surface area (Å²) >= 11 is 0. The maximum atomic E-state index is 4.62. The highest BCUT2D eigenvalue weighted by Gasteiger charge is 2.25. The first-order valence-corrected chi connectivity index (χ1v) is 13.7. The van der Waals surface area contributed by atoms with E-state index >= 15 is 0 Å². The highest BCUT2D eigenvalue weighted by molar-refractivity contribution is 5.88. The lowest BCUT2D eigenvalue weighted by Crippen LogP contribution is -2.40. The summed E-state index contributed by atoms with van der Waals surface area (Å²) < 4.78 is 0. The minimum atomic E-state index is 0. The molecule has 0 aliphatic carbocycles. The first-order chi connectivity index (χ1) is 17.5. The fourth-order valence-corrected chi connectivity index (χ4v) is 4.69. The summed E-state index contributed by atoms with van der Waals surface area (Å²) in [5.41, 5.74) is 1.67. The number of likely N-dealkylation sites (tertiary alicyclic amines) is 1. The Morgan fingerprint density at radius 3 is 2.62 bits per heavy atom. The minimum absolute atomic E-state index is 0. The van der Waals surface area contributed by atoms with Crippen LogP contribution in [-0.2, 0) is 0 Å². The number of hydrogen-bond donors (Lipinski definition) is 2. The fourth-order valence-electron chi connectivity index (χ4n) is 4.69. The third-order valence-electron chi connectivity index (χ3n) is 6.47. The van der Waals surface area contributed by atoms with E-state index in [4.69, 9.17) is 0 Å². The van der Waals surface area contributed by atoms with Crippen LogP contribution >= 0.6 is 0 Å². The Hall–Kier alpha value is -2.73. The first-order valence-electron chi connectivity index (χ1n) is 13.7. The van der Waals surface area contributed by atoms with Gasteiger partial charge in [0.2, 0.25) is 5.96 Å². The zero-order valence-corrected chi connectivity index (χ0v) is 23.3. The van der Waals surface area contributed by atoms with Gasteiger partial charge in [-0.15, -0.1) is 0 Å². The number of hydrogen-bond acceptors (Lipinski definition) is 3. The van der Waals surface area contributed by atoms with Gasteiger partial charge in [-0.05, 0) is 74.0 Å². The predicted octanol–water partition coefficient (Wildman–Crippen LogP) is 7.08. The van der Waals surface area contributed by atoms with Crippen molar-refractivity contribution in [3.05, 3.63) is 48.0 Å². The SMILES string of the molecule is C.C=NC(=NCCCCCN/C=N/CN1CCCC(C)(C)C1)NC(C)c1cccc2ccccc12.CC. The van der Waals surface area contributed by atoms with Crippen molar-refractivity contribution in [1.29, 1.82) is 0 Å². The van der Waals surface area contributed by atoms with Gasteiger partial charge >= 0.3 is 0 Å². The van der Waals surface area contributed by atoms with Crippen LogP contribution in [0.25, 0.3) is 10.8 Å². The van der Waals surface area contributed by atoms with E-state index in [1.165, 1.54) is 35.7 Å². The van der Waals surface area contributed by atoms with E-state index < -0.39 is 0 Å². The molecular weight excluding hydrogens is 456 g/mol. The standard InChI is InChI=1S/C28H42N6.C2H6.CH4/c1-23(25-15-10-13-24-12-6-7-14-26(24)25)33-27(29-4)32-18-9-5-8-17-30-21-31-22-34-19-11-16-28(2,3)20-34;1-2;/h6-7,10,12-15,21,23H,4-5,8-9,11,16-20,22H2,1-3H3,(H,30,31)(H,32,33);1-2H3;1H4. The zero-order valence-electron chi connectivity index (χ0n) is 23.3. The van der Waals surface area contributed by atoms with Crippen LogP contribution in [0.3, 0.4) is 0 Å². The molecule has 0 spiro atoms. The highest BCUT2D eigenvalue weighted by atomic mass is 15.2. The quantitative estimate of drug-likeness (QED) is 0.194. The molecule has 1 aliphatic heterocycles. The topological polar surface area (TPSA) is 64.4 Å². The van der Waals surface area contributed by atoms with Gasteiger partial charge in [-0.1, -0.05) is 77.6 Å². The molecule has 1 unspecified atom stereocenters. The van der Waals surface area contributed by atoms with Gasteiger partial charge in [-0.3, -0.25) is 14.9 Å². The molecule has 1 aliphatic rings. The number of fused-ring (bicyclic) bond motifs is 1. The molecule has 206 valence electrons. The summed E-state index contributed by atoms with van der Waals surface area (Å²) in [5.74, 6) is 0.617. The van der Waals surface area contributed by atoms with Crippen LogP contribution in [0.2, 0.25) is 0 Å². The molecule has 1 atom stereocenters. The van der Waals surface area contributed by atoms with Crippen LogP contribution < -0.4 is 10.6 Å². The number of nitrogens with one attached hydrogen (secondary N) is 2. The number of guanidine groups is 1. The van der Waals surface area contributed by atoms with E-state index in [1.807, 2.05) is 20.2 Å². The molecule has 1 saturated heterocycles. The van der Waals surface area contributed by atoms with E-state index in [2.05, 4.69) is 100 Å². The number of unbranched alkanes of at least 4 members (excludes halogenated alkanes) is 2. The Balaban J connectivity index is 0.00000223. The van der Waals surface area contributed by atoms with Crippen molar-refractivity contribution in [1.82, 2.24) is 15.5 Å². The van der Waals surface area contributed by atoms with Crippen molar-refractivity contribution in [2.75, 3.05) is 32.8 Å². The Labute approximate surface area is 226 Å². The second-order valence-electron chi connectivity index (χ2n) is 10.1. The lowest BCUT2D eigenvalue weighted by molar-refractivity contribution is 0.121. The van der Waals surface area contributed by atoms with Gasteiger partial charge in [0.25, 0.3) is 0 Å². The molecule has 2 aromatic rings. The minimum Gasteiger partial charge on any atom is -0.376 e. The summed E-state index contributed by atoms with van der Waals surface area (Å²) in [5, 5.41) is 9.24. The smallest absolute Gasteiger partial charge is 0.217 e. The number of aliphatic imine (C=N–C) groups is 3. The maximum Gasteiger partial charge on any atom is 0.217 e. The summed E-state index contributed by atoms with van der Waals surface area (Å²) in [6.07, 6.45) is 7.73. The zero-order chi connectivity index (χ0) is 26.2. The van der Waals surface area contributed by atoms with Gasteiger partial charge in [-0.2, -0.15) is 0 Å². The third kappa shape index (κ3) is 11.5. The number of nitrogens with zero attached hydrogens (tertiary/aromatic N) is 4. The molecule has 37 heavy (non-hydrogen) atoms. The molecule has 1 fully saturated rings. The van der Waals surface area contributed by atoms with Crippen molar-refractivity contribution in [2.45, 2.75) is 80.2 Å². The highest BCUT2D eigenvalue weighted by Crippen LogP contribution is 2.28. The molecule has 0 aromatic heterocycles. The van der Waals surface area contributed by atoms with Crippen molar-refractivity contribution in [3.63, 3.8) is 0 Å². The molecule has 0 bridgehead atoms. The normalized spacial score (nSPS) is 16.4. The van der Waals surface area contributed by atoms with Crippen LogP contribution in [0.15, 0.2) is 57.4 Å². The van der Waals surface area contributed by atoms with Crippen LogP contribution in [-0.4, -0.2) is 56.8 Å². The van der Waals surface area contributed by atoms with E-state index in [9.17, 15) is 0 Å². The number of piperidine rings is 1. The van der Waals surface area contributed by atoms with Crippen LogP contribution in [0.1, 0.15) is 85.8 Å². The maximum absolute atomic E-state index is 4.62. The van der Waals surface area contributed by atoms with Gasteiger partial charge in [-0.25, -0.2) is 4.99 Å². The number of benzene rings is 2. The van der Waals surface area contributed by atoms with Crippen molar-refractivity contribution < 1.29 is 0 Å². The first kappa shape index (κ1) is 32.3. The number of rotatable bonds is 11. The Morgan fingerprint density at radius 2 is 1.86 bits per heavy atom. The van der Waals surface area contributed by atoms with E-state index in [-0.39, 0.29) is 13.5 Å². The average molecular weight is 509 g/mol. The summed E-state index contributed by atoms with van der Waals surface area (Å²) in [6.45, 7) is 19.3. The molecule has 3 rings (SSSR count). The second-order valence-corrected chi connectivity index (χ2v) is 10.1. The monoisotopic (exact) mass is 508 g/mol. The average Bonchev–Trinajstić information content (AvgIpc) is 2.89. The van der Waals surface area contributed by atoms with E-state index in [1.54, 1.807) is 0 Å². The lowest BCUT2D eigenvalue weighted by atomic mass is 9.84. The Bertz CT molecular complexity index is 960. The molecule has 2 N–H and O–H groups in total. The molecule has 6 heteroatoms. The predicted molar refractivity (Wildman–Crippen MR) is 165 cm³/mol. The summed E-state index contributed by atoms with van der Waals surface area (Å²) in [4.78, 5) is 15.7. The van der Waals surface area contributed by atoms with E-state index in [0.717, 1.165) is 45.6 Å². The van der Waals surface area contributed by atoms with Crippen LogP contribution in [0, 0.1) is 5.41 Å².